The fourth-order valence-electron chi connectivity index (χ4n) is 1.24. The number of rotatable bonds is 3. The van der Waals surface area contributed by atoms with Gasteiger partial charge < -0.3 is 5.32 Å². The predicted molar refractivity (Wildman–Crippen MR) is 55.8 cm³/mol. The third kappa shape index (κ3) is 3.15. The molecule has 72 valence electrons. The summed E-state index contributed by atoms with van der Waals surface area (Å²) in [5, 5.41) is 3.27. The second-order valence-electron chi connectivity index (χ2n) is 4.08. The van der Waals surface area contributed by atoms with Crippen LogP contribution in [0.2, 0.25) is 0 Å². The lowest BCUT2D eigenvalue weighted by atomic mass is 9.98. The van der Waals surface area contributed by atoms with Crippen LogP contribution >= 0.6 is 0 Å². The molecule has 0 fully saturated rings. The summed E-state index contributed by atoms with van der Waals surface area (Å²) in [5.74, 6) is 0. The minimum atomic E-state index is 0.126. The molecule has 0 spiro atoms. The summed E-state index contributed by atoms with van der Waals surface area (Å²) in [7, 11) is 1.98. The van der Waals surface area contributed by atoms with Gasteiger partial charge in [0, 0.05) is 23.3 Å². The number of pyridine rings is 1. The monoisotopic (exact) mass is 178 g/mol. The van der Waals surface area contributed by atoms with Gasteiger partial charge in [0.15, 0.2) is 0 Å². The van der Waals surface area contributed by atoms with Crippen LogP contribution in [0.4, 0.5) is 0 Å². The molecule has 0 saturated carbocycles. The van der Waals surface area contributed by atoms with E-state index in [1.807, 2.05) is 20.0 Å². The lowest BCUT2D eigenvalue weighted by Crippen LogP contribution is -2.38. The molecule has 2 heteroatoms. The summed E-state index contributed by atoms with van der Waals surface area (Å²) < 4.78 is 0. The first-order valence-electron chi connectivity index (χ1n) is 4.65. The molecule has 13 heavy (non-hydrogen) atoms. The number of aryl methyl sites for hydroxylation is 1. The lowest BCUT2D eigenvalue weighted by Gasteiger charge is -2.23. The molecule has 0 aliphatic carbocycles. The van der Waals surface area contributed by atoms with Crippen LogP contribution in [0, 0.1) is 6.92 Å². The van der Waals surface area contributed by atoms with E-state index in [1.165, 1.54) is 0 Å². The van der Waals surface area contributed by atoms with Gasteiger partial charge in [0.25, 0.3) is 0 Å². The minimum Gasteiger partial charge on any atom is -0.314 e. The normalized spacial score (nSPS) is 11.7. The number of nitrogens with one attached hydrogen (secondary N) is 1. The lowest BCUT2D eigenvalue weighted by molar-refractivity contribution is 0.417. The van der Waals surface area contributed by atoms with Gasteiger partial charge in [0.1, 0.15) is 0 Å². The molecule has 2 nitrogen and oxygen atoms in total. The summed E-state index contributed by atoms with van der Waals surface area (Å²) in [6, 6.07) is 6.16. The molecule has 0 aromatic carbocycles. The van der Waals surface area contributed by atoms with Crippen molar-refractivity contribution in [3.8, 4) is 0 Å². The van der Waals surface area contributed by atoms with Gasteiger partial charge in [-0.15, -0.1) is 0 Å². The average Bonchev–Trinajstić information content (AvgIpc) is 2.03. The van der Waals surface area contributed by atoms with Crippen molar-refractivity contribution in [2.45, 2.75) is 32.7 Å². The standard InChI is InChI=1S/C11H18N2/c1-9-6-5-7-10(13-9)8-11(2,3)12-4/h5-7,12H,8H2,1-4H3. The van der Waals surface area contributed by atoms with E-state index in [9.17, 15) is 0 Å². The predicted octanol–water partition coefficient (Wildman–Crippen LogP) is 1.93. The summed E-state index contributed by atoms with van der Waals surface area (Å²) >= 11 is 0. The maximum Gasteiger partial charge on any atom is 0.0424 e. The molecule has 0 amide bonds. The zero-order chi connectivity index (χ0) is 9.90. The molecule has 1 aromatic heterocycles. The van der Waals surface area contributed by atoms with Crippen molar-refractivity contribution in [1.29, 1.82) is 0 Å². The fraction of sp³-hybridized carbons (Fsp3) is 0.545. The molecule has 0 unspecified atom stereocenters. The van der Waals surface area contributed by atoms with Gasteiger partial charge in [-0.3, -0.25) is 4.98 Å². The van der Waals surface area contributed by atoms with E-state index in [0.717, 1.165) is 17.8 Å². The second kappa shape index (κ2) is 3.88. The molecule has 1 aromatic rings. The van der Waals surface area contributed by atoms with Crippen molar-refractivity contribution in [3.63, 3.8) is 0 Å². The van der Waals surface area contributed by atoms with Crippen LogP contribution in [0.5, 0.6) is 0 Å². The first-order chi connectivity index (χ1) is 6.03. The van der Waals surface area contributed by atoms with Crippen LogP contribution in [0.1, 0.15) is 25.2 Å². The molecule has 0 atom stereocenters. The summed E-state index contributed by atoms with van der Waals surface area (Å²) in [6.45, 7) is 6.38. The van der Waals surface area contributed by atoms with Crippen molar-refractivity contribution in [2.24, 2.45) is 0 Å². The number of hydrogen-bond acceptors (Lipinski definition) is 2. The minimum absolute atomic E-state index is 0.126. The van der Waals surface area contributed by atoms with E-state index in [0.29, 0.717) is 0 Å². The van der Waals surface area contributed by atoms with E-state index in [-0.39, 0.29) is 5.54 Å². The molecule has 0 saturated heterocycles. The van der Waals surface area contributed by atoms with Crippen molar-refractivity contribution < 1.29 is 0 Å². The maximum atomic E-state index is 4.47. The Morgan fingerprint density at radius 1 is 1.38 bits per heavy atom. The molecule has 0 aliphatic rings. The largest absolute Gasteiger partial charge is 0.314 e. The first kappa shape index (κ1) is 10.2. The number of hydrogen-bond donors (Lipinski definition) is 1. The number of likely N-dealkylation sites (N-methyl/N-ethyl adjacent to an activating group) is 1. The SMILES string of the molecule is CNC(C)(C)Cc1cccc(C)n1. The maximum absolute atomic E-state index is 4.47. The highest BCUT2D eigenvalue weighted by molar-refractivity contribution is 5.12. The Morgan fingerprint density at radius 2 is 2.08 bits per heavy atom. The van der Waals surface area contributed by atoms with E-state index >= 15 is 0 Å². The zero-order valence-electron chi connectivity index (χ0n) is 8.89. The van der Waals surface area contributed by atoms with Crippen LogP contribution in [0.15, 0.2) is 18.2 Å². The molecule has 1 heterocycles. The quantitative estimate of drug-likeness (QED) is 0.765. The highest BCUT2D eigenvalue weighted by Crippen LogP contribution is 2.10. The Kier molecular flexibility index (Phi) is 3.04. The van der Waals surface area contributed by atoms with E-state index in [4.69, 9.17) is 0 Å². The van der Waals surface area contributed by atoms with Crippen LogP contribution < -0.4 is 5.32 Å². The van der Waals surface area contributed by atoms with Gasteiger partial charge in [0.05, 0.1) is 0 Å². The van der Waals surface area contributed by atoms with Crippen LogP contribution in [-0.2, 0) is 6.42 Å². The molecule has 1 N–H and O–H groups in total. The van der Waals surface area contributed by atoms with Crippen molar-refractivity contribution in [3.05, 3.63) is 29.6 Å². The average molecular weight is 178 g/mol. The van der Waals surface area contributed by atoms with Crippen LogP contribution in [-0.4, -0.2) is 17.6 Å². The van der Waals surface area contributed by atoms with Gasteiger partial charge in [-0.1, -0.05) is 6.07 Å². The Bertz CT molecular complexity index is 279. The van der Waals surface area contributed by atoms with E-state index in [2.05, 4.69) is 36.3 Å². The molecule has 0 radical (unpaired) electrons. The molecule has 0 bridgehead atoms. The highest BCUT2D eigenvalue weighted by atomic mass is 14.9. The topological polar surface area (TPSA) is 24.9 Å². The highest BCUT2D eigenvalue weighted by Gasteiger charge is 2.15. The van der Waals surface area contributed by atoms with Crippen molar-refractivity contribution >= 4 is 0 Å². The van der Waals surface area contributed by atoms with E-state index < -0.39 is 0 Å². The van der Waals surface area contributed by atoms with Crippen molar-refractivity contribution in [1.82, 2.24) is 10.3 Å². The zero-order valence-corrected chi connectivity index (χ0v) is 8.89. The molecular weight excluding hydrogens is 160 g/mol. The number of nitrogens with zero attached hydrogens (tertiary/aromatic N) is 1. The third-order valence-electron chi connectivity index (χ3n) is 2.25. The van der Waals surface area contributed by atoms with Crippen LogP contribution in [0.3, 0.4) is 0 Å². The Hall–Kier alpha value is -0.890. The number of aromatic nitrogens is 1. The van der Waals surface area contributed by atoms with Gasteiger partial charge in [-0.25, -0.2) is 0 Å². The van der Waals surface area contributed by atoms with Gasteiger partial charge in [-0.2, -0.15) is 0 Å². The van der Waals surface area contributed by atoms with Gasteiger partial charge >= 0.3 is 0 Å². The summed E-state index contributed by atoms with van der Waals surface area (Å²) in [6.07, 6.45) is 0.963. The fourth-order valence-corrected chi connectivity index (χ4v) is 1.24. The Balaban J connectivity index is 2.74. The Morgan fingerprint density at radius 3 is 2.62 bits per heavy atom. The van der Waals surface area contributed by atoms with Gasteiger partial charge in [0.2, 0.25) is 0 Å². The summed E-state index contributed by atoms with van der Waals surface area (Å²) in [5.41, 5.74) is 2.37. The van der Waals surface area contributed by atoms with E-state index in [1.54, 1.807) is 0 Å². The van der Waals surface area contributed by atoms with Crippen LogP contribution in [0.25, 0.3) is 0 Å². The Labute approximate surface area is 80.4 Å². The molecular formula is C11H18N2. The second-order valence-corrected chi connectivity index (χ2v) is 4.08. The van der Waals surface area contributed by atoms with Crippen molar-refractivity contribution in [2.75, 3.05) is 7.05 Å². The summed E-state index contributed by atoms with van der Waals surface area (Å²) in [4.78, 5) is 4.47. The smallest absolute Gasteiger partial charge is 0.0424 e. The molecule has 1 rings (SSSR count). The van der Waals surface area contributed by atoms with Gasteiger partial charge in [-0.05, 0) is 40.0 Å². The molecule has 0 aliphatic heterocycles. The third-order valence-corrected chi connectivity index (χ3v) is 2.25. The first-order valence-corrected chi connectivity index (χ1v) is 4.65.